The Kier molecular flexibility index (Phi) is 5.66. The van der Waals surface area contributed by atoms with E-state index in [-0.39, 0.29) is 0 Å². The van der Waals surface area contributed by atoms with Crippen LogP contribution in [0.3, 0.4) is 0 Å². The monoisotopic (exact) mass is 372 g/mol. The number of piperidine rings is 2. The first-order valence-corrected chi connectivity index (χ1v) is 10.3. The Bertz CT molecular complexity index is 704. The largest absolute Gasteiger partial charge is 0.472 e. The van der Waals surface area contributed by atoms with E-state index in [9.17, 15) is 5.11 Å². The summed E-state index contributed by atoms with van der Waals surface area (Å²) in [5.41, 5.74) is 2.85. The third kappa shape index (κ3) is 4.13. The van der Waals surface area contributed by atoms with E-state index in [1.807, 2.05) is 23.2 Å². The molecule has 0 saturated carbocycles. The summed E-state index contributed by atoms with van der Waals surface area (Å²) in [5, 5.41) is 14.5. The highest BCUT2D eigenvalue weighted by atomic mass is 16.3. The Balaban J connectivity index is 1.32. The van der Waals surface area contributed by atoms with Gasteiger partial charge in [-0.05, 0) is 57.3 Å². The van der Waals surface area contributed by atoms with Crippen LogP contribution in [0.4, 0.5) is 0 Å². The van der Waals surface area contributed by atoms with Crippen molar-refractivity contribution < 1.29 is 9.52 Å². The predicted molar refractivity (Wildman–Crippen MR) is 104 cm³/mol. The van der Waals surface area contributed by atoms with Crippen LogP contribution in [0, 0.1) is 11.3 Å². The van der Waals surface area contributed by atoms with Crippen LogP contribution in [-0.2, 0) is 19.6 Å². The van der Waals surface area contributed by atoms with Crippen molar-refractivity contribution in [2.45, 2.75) is 45.8 Å². The highest BCUT2D eigenvalue weighted by molar-refractivity contribution is 5.07. The van der Waals surface area contributed by atoms with Crippen LogP contribution in [0.15, 0.2) is 35.4 Å². The predicted octanol–water partition coefficient (Wildman–Crippen LogP) is 2.59. The summed E-state index contributed by atoms with van der Waals surface area (Å²) < 4.78 is 7.20. The Hall–Kier alpha value is -1.63. The Morgan fingerprint density at radius 1 is 1.15 bits per heavy atom. The molecule has 6 nitrogen and oxygen atoms in total. The molecule has 148 valence electrons. The molecule has 4 heterocycles. The molecule has 2 aliphatic rings. The van der Waals surface area contributed by atoms with Gasteiger partial charge in [-0.1, -0.05) is 0 Å². The molecule has 1 unspecified atom stereocenters. The second-order valence-corrected chi connectivity index (χ2v) is 8.34. The number of nitrogens with zero attached hydrogens (tertiary/aromatic N) is 4. The maximum Gasteiger partial charge on any atom is 0.0947 e. The first-order chi connectivity index (χ1) is 13.2. The molecule has 2 aromatic heterocycles. The molecule has 6 heteroatoms. The number of likely N-dealkylation sites (tertiary alicyclic amines) is 2. The molecule has 2 aliphatic heterocycles. The molecule has 0 bridgehead atoms. The van der Waals surface area contributed by atoms with E-state index in [2.05, 4.69) is 28.0 Å². The average Bonchev–Trinajstić information content (AvgIpc) is 3.37. The lowest BCUT2D eigenvalue weighted by atomic mass is 9.64. The van der Waals surface area contributed by atoms with Crippen LogP contribution in [0.5, 0.6) is 0 Å². The van der Waals surface area contributed by atoms with Crippen molar-refractivity contribution in [3.8, 4) is 0 Å². The zero-order valence-corrected chi connectivity index (χ0v) is 16.4. The standard InChI is InChI=1S/C21H32N4O2/c1-2-25-14-19(11-22-25)13-23-7-4-21(5-8-23)6-9-24(15-20(21)16-26)12-18-3-10-27-17-18/h3,10-11,14,17,20,26H,2,4-9,12-13,15-16H2,1H3. The molecule has 2 fully saturated rings. The minimum atomic E-state index is 0.297. The first-order valence-electron chi connectivity index (χ1n) is 10.3. The summed E-state index contributed by atoms with van der Waals surface area (Å²) in [7, 11) is 0. The molecule has 0 aromatic carbocycles. The zero-order valence-electron chi connectivity index (χ0n) is 16.4. The number of aryl methyl sites for hydroxylation is 1. The highest BCUT2D eigenvalue weighted by Gasteiger charge is 2.44. The van der Waals surface area contributed by atoms with Gasteiger partial charge in [0.2, 0.25) is 0 Å². The molecule has 2 saturated heterocycles. The van der Waals surface area contributed by atoms with Crippen LogP contribution in [0.2, 0.25) is 0 Å². The van der Waals surface area contributed by atoms with Gasteiger partial charge in [-0.15, -0.1) is 0 Å². The molecule has 0 radical (unpaired) electrons. The van der Waals surface area contributed by atoms with E-state index in [1.54, 1.807) is 6.26 Å². The van der Waals surface area contributed by atoms with Crippen molar-refractivity contribution in [3.63, 3.8) is 0 Å². The Morgan fingerprint density at radius 3 is 2.52 bits per heavy atom. The topological polar surface area (TPSA) is 57.7 Å². The summed E-state index contributed by atoms with van der Waals surface area (Å²) in [6, 6.07) is 2.04. The first kappa shape index (κ1) is 18.7. The van der Waals surface area contributed by atoms with Gasteiger partial charge in [-0.2, -0.15) is 5.10 Å². The van der Waals surface area contributed by atoms with Crippen LogP contribution in [0.1, 0.15) is 37.3 Å². The van der Waals surface area contributed by atoms with Crippen LogP contribution < -0.4 is 0 Å². The molecule has 1 atom stereocenters. The van der Waals surface area contributed by atoms with Gasteiger partial charge < -0.3 is 9.52 Å². The van der Waals surface area contributed by atoms with E-state index >= 15 is 0 Å². The minimum absolute atomic E-state index is 0.297. The summed E-state index contributed by atoms with van der Waals surface area (Å²) in [6.07, 6.45) is 11.3. The number of rotatable bonds is 6. The lowest BCUT2D eigenvalue weighted by Crippen LogP contribution is -2.53. The highest BCUT2D eigenvalue weighted by Crippen LogP contribution is 2.45. The van der Waals surface area contributed by atoms with Crippen molar-refractivity contribution in [1.82, 2.24) is 19.6 Å². The minimum Gasteiger partial charge on any atom is -0.472 e. The Labute approximate surface area is 161 Å². The molecular formula is C21H32N4O2. The lowest BCUT2D eigenvalue weighted by molar-refractivity contribution is -0.0450. The van der Waals surface area contributed by atoms with Gasteiger partial charge in [-0.25, -0.2) is 0 Å². The van der Waals surface area contributed by atoms with Gasteiger partial charge >= 0.3 is 0 Å². The van der Waals surface area contributed by atoms with Gasteiger partial charge in [0.05, 0.1) is 18.7 Å². The zero-order chi connectivity index (χ0) is 18.7. The quantitative estimate of drug-likeness (QED) is 0.845. The number of hydrogen-bond donors (Lipinski definition) is 1. The lowest BCUT2D eigenvalue weighted by Gasteiger charge is -2.51. The fourth-order valence-corrected chi connectivity index (χ4v) is 4.95. The average molecular weight is 373 g/mol. The van der Waals surface area contributed by atoms with Gasteiger partial charge in [0.1, 0.15) is 0 Å². The van der Waals surface area contributed by atoms with Crippen LogP contribution >= 0.6 is 0 Å². The van der Waals surface area contributed by atoms with Crippen molar-refractivity contribution in [2.75, 3.05) is 32.8 Å². The number of hydrogen-bond acceptors (Lipinski definition) is 5. The number of aliphatic hydroxyl groups excluding tert-OH is 1. The molecular weight excluding hydrogens is 340 g/mol. The van der Waals surface area contributed by atoms with Crippen molar-refractivity contribution in [1.29, 1.82) is 0 Å². The van der Waals surface area contributed by atoms with Crippen molar-refractivity contribution in [3.05, 3.63) is 42.1 Å². The smallest absolute Gasteiger partial charge is 0.0947 e. The second-order valence-electron chi connectivity index (χ2n) is 8.34. The summed E-state index contributed by atoms with van der Waals surface area (Å²) in [6.45, 7) is 9.61. The maximum absolute atomic E-state index is 10.1. The molecule has 0 amide bonds. The fourth-order valence-electron chi connectivity index (χ4n) is 4.95. The van der Waals surface area contributed by atoms with E-state index in [1.165, 1.54) is 30.4 Å². The van der Waals surface area contributed by atoms with E-state index in [4.69, 9.17) is 4.42 Å². The van der Waals surface area contributed by atoms with Crippen LogP contribution in [0.25, 0.3) is 0 Å². The maximum atomic E-state index is 10.1. The third-order valence-corrected chi connectivity index (χ3v) is 6.75. The molecule has 1 N–H and O–H groups in total. The normalized spacial score (nSPS) is 23.9. The summed E-state index contributed by atoms with van der Waals surface area (Å²) in [4.78, 5) is 5.02. The summed E-state index contributed by atoms with van der Waals surface area (Å²) in [5.74, 6) is 0.378. The number of aromatic nitrogens is 2. The number of furan rings is 1. The van der Waals surface area contributed by atoms with Gasteiger partial charge in [0.15, 0.2) is 0 Å². The SMILES string of the molecule is CCn1cc(CN2CCC3(CC2)CCN(Cc2ccoc2)CC3CO)cn1. The Morgan fingerprint density at radius 2 is 1.89 bits per heavy atom. The van der Waals surface area contributed by atoms with Crippen molar-refractivity contribution >= 4 is 0 Å². The fraction of sp³-hybridized carbons (Fsp3) is 0.667. The van der Waals surface area contributed by atoms with Crippen molar-refractivity contribution in [2.24, 2.45) is 11.3 Å². The molecule has 0 aliphatic carbocycles. The molecule has 1 spiro atoms. The van der Waals surface area contributed by atoms with Gasteiger partial charge in [-0.3, -0.25) is 14.5 Å². The molecule has 4 rings (SSSR count). The summed E-state index contributed by atoms with van der Waals surface area (Å²) >= 11 is 0. The second kappa shape index (κ2) is 8.17. The van der Waals surface area contributed by atoms with E-state index < -0.39 is 0 Å². The third-order valence-electron chi connectivity index (χ3n) is 6.75. The van der Waals surface area contributed by atoms with Crippen LogP contribution in [-0.4, -0.2) is 57.5 Å². The van der Waals surface area contributed by atoms with Gasteiger partial charge in [0.25, 0.3) is 0 Å². The van der Waals surface area contributed by atoms with Gasteiger partial charge in [0, 0.05) is 56.0 Å². The van der Waals surface area contributed by atoms with E-state index in [0.717, 1.165) is 45.8 Å². The van der Waals surface area contributed by atoms with E-state index in [0.29, 0.717) is 17.9 Å². The number of aliphatic hydroxyl groups is 1. The molecule has 27 heavy (non-hydrogen) atoms. The molecule has 2 aromatic rings.